The van der Waals surface area contributed by atoms with Gasteiger partial charge in [-0.25, -0.2) is 0 Å². The summed E-state index contributed by atoms with van der Waals surface area (Å²) in [6, 6.07) is 14.9. The molecule has 164 valence electrons. The van der Waals surface area contributed by atoms with Gasteiger partial charge in [0.1, 0.15) is 4.90 Å². The number of unbranched alkanes of at least 4 members (excludes halogenated alkanes) is 1. The third-order valence-electron chi connectivity index (χ3n) is 5.53. The molecule has 0 amide bonds. The molecule has 3 aromatic carbocycles. The van der Waals surface area contributed by atoms with Crippen molar-refractivity contribution in [3.8, 4) is 0 Å². The van der Waals surface area contributed by atoms with Gasteiger partial charge in [0, 0.05) is 16.8 Å². The lowest BCUT2D eigenvalue weighted by Gasteiger charge is -2.23. The van der Waals surface area contributed by atoms with Crippen LogP contribution in [0.5, 0.6) is 0 Å². The minimum absolute atomic E-state index is 0.0198. The molecular formula is C24H22N2O5S. The monoisotopic (exact) mass is 450 g/mol. The molecule has 32 heavy (non-hydrogen) atoms. The van der Waals surface area contributed by atoms with E-state index in [1.807, 2.05) is 24.3 Å². The topological polar surface area (TPSA) is 127 Å². The van der Waals surface area contributed by atoms with E-state index in [1.165, 1.54) is 12.1 Å². The van der Waals surface area contributed by atoms with Gasteiger partial charge in [-0.3, -0.25) is 14.1 Å². The fourth-order valence-electron chi connectivity index (χ4n) is 3.90. The minimum Gasteiger partial charge on any atom is -0.397 e. The van der Waals surface area contributed by atoms with Crippen molar-refractivity contribution in [1.82, 2.24) is 0 Å². The van der Waals surface area contributed by atoms with Gasteiger partial charge in [-0.1, -0.05) is 49.7 Å². The molecule has 0 fully saturated rings. The maximum atomic E-state index is 13.3. The molecule has 0 bridgehead atoms. The maximum Gasteiger partial charge on any atom is 0.296 e. The van der Waals surface area contributed by atoms with Gasteiger partial charge in [0.15, 0.2) is 11.6 Å². The molecule has 0 aromatic heterocycles. The number of hydrogen-bond acceptors (Lipinski definition) is 6. The number of rotatable bonds is 6. The van der Waals surface area contributed by atoms with Crippen molar-refractivity contribution in [2.24, 2.45) is 0 Å². The zero-order valence-electron chi connectivity index (χ0n) is 17.4. The van der Waals surface area contributed by atoms with Gasteiger partial charge in [-0.05, 0) is 36.6 Å². The van der Waals surface area contributed by atoms with Crippen molar-refractivity contribution < 1.29 is 22.6 Å². The van der Waals surface area contributed by atoms with E-state index in [0.29, 0.717) is 5.69 Å². The Hall–Kier alpha value is -3.49. The Balaban J connectivity index is 1.87. The summed E-state index contributed by atoms with van der Waals surface area (Å²) >= 11 is 0. The van der Waals surface area contributed by atoms with Gasteiger partial charge in [-0.2, -0.15) is 8.42 Å². The Bertz CT molecular complexity index is 1350. The van der Waals surface area contributed by atoms with Gasteiger partial charge in [0.05, 0.1) is 22.5 Å². The van der Waals surface area contributed by atoms with Crippen LogP contribution in [-0.2, 0) is 16.5 Å². The third kappa shape index (κ3) is 3.79. The highest BCUT2D eigenvalue weighted by Crippen LogP contribution is 2.40. The standard InChI is InChI=1S/C24H22N2O5S/c1-2-3-6-14-9-11-15(12-10-14)26-18-13-19(32(29,30)31)22(25)21-20(18)23(27)16-7-4-5-8-17(16)24(21)28/h4-5,7-13,26H,2-3,6,25H2,1H3,(H,29,30,31). The average molecular weight is 451 g/mol. The van der Waals surface area contributed by atoms with E-state index in [0.717, 1.165) is 30.9 Å². The van der Waals surface area contributed by atoms with Crippen LogP contribution >= 0.6 is 0 Å². The van der Waals surface area contributed by atoms with E-state index in [9.17, 15) is 22.6 Å². The van der Waals surface area contributed by atoms with Gasteiger partial charge >= 0.3 is 0 Å². The van der Waals surface area contributed by atoms with Crippen LogP contribution in [0.25, 0.3) is 0 Å². The van der Waals surface area contributed by atoms with Gasteiger partial charge in [-0.15, -0.1) is 0 Å². The van der Waals surface area contributed by atoms with Crippen LogP contribution in [0.1, 0.15) is 57.2 Å². The lowest BCUT2D eigenvalue weighted by Crippen LogP contribution is -2.25. The molecular weight excluding hydrogens is 428 g/mol. The molecule has 0 saturated heterocycles. The summed E-state index contributed by atoms with van der Waals surface area (Å²) in [6.45, 7) is 2.11. The number of carbonyl (C=O) groups is 2. The number of nitrogens with two attached hydrogens (primary N) is 1. The zero-order valence-corrected chi connectivity index (χ0v) is 18.2. The van der Waals surface area contributed by atoms with Gasteiger partial charge < -0.3 is 11.1 Å². The summed E-state index contributed by atoms with van der Waals surface area (Å²) in [5, 5.41) is 3.03. The normalized spacial score (nSPS) is 12.9. The largest absolute Gasteiger partial charge is 0.397 e. The Labute approximate surface area is 186 Å². The van der Waals surface area contributed by atoms with Crippen molar-refractivity contribution in [2.75, 3.05) is 11.1 Å². The van der Waals surface area contributed by atoms with Crippen LogP contribution in [0.4, 0.5) is 17.1 Å². The van der Waals surface area contributed by atoms with E-state index < -0.39 is 32.3 Å². The van der Waals surface area contributed by atoms with Crippen LogP contribution in [0.2, 0.25) is 0 Å². The van der Waals surface area contributed by atoms with E-state index in [-0.39, 0.29) is 27.9 Å². The number of hydrogen-bond donors (Lipinski definition) is 3. The highest BCUT2D eigenvalue weighted by Gasteiger charge is 2.36. The van der Waals surface area contributed by atoms with Crippen molar-refractivity contribution in [1.29, 1.82) is 0 Å². The number of anilines is 3. The SMILES string of the molecule is CCCCc1ccc(Nc2cc(S(=O)(=O)O)c(N)c3c2C(=O)c2ccccc2C3=O)cc1. The molecule has 4 rings (SSSR count). The number of nitrogen functional groups attached to an aromatic ring is 1. The third-order valence-corrected chi connectivity index (χ3v) is 6.42. The van der Waals surface area contributed by atoms with E-state index in [4.69, 9.17) is 5.73 Å². The minimum atomic E-state index is -4.75. The summed E-state index contributed by atoms with van der Waals surface area (Å²) < 4.78 is 33.6. The summed E-state index contributed by atoms with van der Waals surface area (Å²) in [4.78, 5) is 25.8. The van der Waals surface area contributed by atoms with Crippen LogP contribution < -0.4 is 11.1 Å². The number of ketones is 2. The van der Waals surface area contributed by atoms with Crippen LogP contribution in [0.15, 0.2) is 59.5 Å². The van der Waals surface area contributed by atoms with E-state index in [1.54, 1.807) is 12.1 Å². The highest BCUT2D eigenvalue weighted by atomic mass is 32.2. The number of fused-ring (bicyclic) bond motifs is 2. The molecule has 7 nitrogen and oxygen atoms in total. The molecule has 8 heteroatoms. The maximum absolute atomic E-state index is 13.3. The number of carbonyl (C=O) groups excluding carboxylic acids is 2. The molecule has 0 saturated carbocycles. The van der Waals surface area contributed by atoms with Crippen molar-refractivity contribution >= 4 is 38.7 Å². The predicted molar refractivity (Wildman–Crippen MR) is 122 cm³/mol. The second-order valence-corrected chi connectivity index (χ2v) is 9.08. The Morgan fingerprint density at radius 1 is 0.938 bits per heavy atom. The quantitative estimate of drug-likeness (QED) is 0.294. The number of aryl methyl sites for hydroxylation is 1. The van der Waals surface area contributed by atoms with Crippen LogP contribution in [0.3, 0.4) is 0 Å². The zero-order chi connectivity index (χ0) is 23.0. The Kier molecular flexibility index (Phi) is 5.58. The second kappa shape index (κ2) is 8.22. The molecule has 0 radical (unpaired) electrons. The average Bonchev–Trinajstić information content (AvgIpc) is 2.77. The Morgan fingerprint density at radius 2 is 1.53 bits per heavy atom. The molecule has 0 atom stereocenters. The highest BCUT2D eigenvalue weighted by molar-refractivity contribution is 7.86. The van der Waals surface area contributed by atoms with Gasteiger partial charge in [0.25, 0.3) is 10.1 Å². The molecule has 4 N–H and O–H groups in total. The first-order chi connectivity index (χ1) is 15.2. The summed E-state index contributed by atoms with van der Waals surface area (Å²) in [7, 11) is -4.75. The molecule has 0 aliphatic heterocycles. The number of benzene rings is 3. The molecule has 1 aliphatic carbocycles. The molecule has 0 spiro atoms. The predicted octanol–water partition coefficient (Wildman–Crippen LogP) is 4.38. The fraction of sp³-hybridized carbons (Fsp3) is 0.167. The van der Waals surface area contributed by atoms with E-state index >= 15 is 0 Å². The van der Waals surface area contributed by atoms with Crippen molar-refractivity contribution in [3.05, 3.63) is 82.4 Å². The molecule has 0 unspecified atom stereocenters. The van der Waals surface area contributed by atoms with Crippen LogP contribution in [-0.4, -0.2) is 24.5 Å². The first-order valence-electron chi connectivity index (χ1n) is 10.2. The van der Waals surface area contributed by atoms with Crippen molar-refractivity contribution in [3.63, 3.8) is 0 Å². The van der Waals surface area contributed by atoms with Gasteiger partial charge in [0.2, 0.25) is 0 Å². The van der Waals surface area contributed by atoms with E-state index in [2.05, 4.69) is 12.2 Å². The van der Waals surface area contributed by atoms with Crippen molar-refractivity contribution in [2.45, 2.75) is 31.1 Å². The first kappa shape index (κ1) is 21.7. The number of nitrogens with one attached hydrogen (secondary N) is 1. The second-order valence-electron chi connectivity index (χ2n) is 7.69. The summed E-state index contributed by atoms with van der Waals surface area (Å²) in [5.41, 5.74) is 7.46. The summed E-state index contributed by atoms with van der Waals surface area (Å²) in [6.07, 6.45) is 3.07. The summed E-state index contributed by atoms with van der Waals surface area (Å²) in [5.74, 6) is -1.03. The lowest BCUT2D eigenvalue weighted by atomic mass is 9.82. The first-order valence-corrected chi connectivity index (χ1v) is 11.6. The molecule has 3 aromatic rings. The Morgan fingerprint density at radius 3 is 2.09 bits per heavy atom. The fourth-order valence-corrected chi connectivity index (χ4v) is 4.54. The molecule has 1 aliphatic rings. The molecule has 0 heterocycles. The smallest absolute Gasteiger partial charge is 0.296 e. The lowest BCUT2D eigenvalue weighted by molar-refractivity contribution is 0.0980. The van der Waals surface area contributed by atoms with Crippen LogP contribution in [0, 0.1) is 0 Å².